The van der Waals surface area contributed by atoms with Gasteiger partial charge in [0.05, 0.1) is 24.8 Å². The van der Waals surface area contributed by atoms with Crippen molar-refractivity contribution in [2.24, 2.45) is 7.05 Å². The van der Waals surface area contributed by atoms with Crippen LogP contribution in [0.4, 0.5) is 16.5 Å². The second kappa shape index (κ2) is 6.79. The van der Waals surface area contributed by atoms with Crippen molar-refractivity contribution in [2.75, 3.05) is 38.2 Å². The molecule has 3 aromatic rings. The Kier molecular flexibility index (Phi) is 4.29. The van der Waals surface area contributed by atoms with E-state index in [1.54, 1.807) is 22.8 Å². The fourth-order valence-corrected chi connectivity index (χ4v) is 3.13. The second-order valence-electron chi connectivity index (χ2n) is 6.22. The van der Waals surface area contributed by atoms with E-state index >= 15 is 0 Å². The maximum absolute atomic E-state index is 11.7. The van der Waals surface area contributed by atoms with Gasteiger partial charge in [0.25, 0.3) is 0 Å². The lowest BCUT2D eigenvalue weighted by Crippen LogP contribution is -2.49. The minimum Gasteiger partial charge on any atom is -0.453 e. The van der Waals surface area contributed by atoms with E-state index in [0.29, 0.717) is 37.6 Å². The maximum Gasteiger partial charge on any atom is 0.433 e. The number of aromatic nitrogens is 4. The summed E-state index contributed by atoms with van der Waals surface area (Å²) in [6.07, 6.45) is 1.31. The molecule has 12 heteroatoms. The first-order valence-corrected chi connectivity index (χ1v) is 8.50. The van der Waals surface area contributed by atoms with Gasteiger partial charge in [-0.1, -0.05) is 0 Å². The van der Waals surface area contributed by atoms with Gasteiger partial charge in [0.2, 0.25) is 0 Å². The van der Waals surface area contributed by atoms with Gasteiger partial charge in [-0.3, -0.25) is 14.8 Å². The van der Waals surface area contributed by atoms with Gasteiger partial charge in [-0.15, -0.1) is 0 Å². The Morgan fingerprint density at radius 3 is 2.64 bits per heavy atom. The van der Waals surface area contributed by atoms with E-state index in [0.717, 1.165) is 5.39 Å². The zero-order chi connectivity index (χ0) is 19.8. The van der Waals surface area contributed by atoms with E-state index in [1.807, 2.05) is 4.90 Å². The van der Waals surface area contributed by atoms with Crippen LogP contribution in [0, 0.1) is 10.1 Å². The van der Waals surface area contributed by atoms with Crippen LogP contribution < -0.4 is 4.90 Å². The fourth-order valence-electron chi connectivity index (χ4n) is 3.13. The number of carbonyl (C=O) groups is 1. The Hall–Kier alpha value is -3.70. The molecule has 12 nitrogen and oxygen atoms in total. The molecule has 4 rings (SSSR count). The first-order valence-electron chi connectivity index (χ1n) is 8.50. The van der Waals surface area contributed by atoms with Crippen molar-refractivity contribution in [3.63, 3.8) is 0 Å². The van der Waals surface area contributed by atoms with Crippen LogP contribution in [-0.2, 0) is 11.8 Å². The molecular weight excluding hydrogens is 370 g/mol. The molecule has 3 aromatic heterocycles. The Morgan fingerprint density at radius 1 is 1.25 bits per heavy atom. The third kappa shape index (κ3) is 2.98. The molecule has 0 aliphatic carbocycles. The summed E-state index contributed by atoms with van der Waals surface area (Å²) in [6, 6.07) is 2.73. The van der Waals surface area contributed by atoms with E-state index in [-0.39, 0.29) is 23.6 Å². The van der Waals surface area contributed by atoms with Crippen LogP contribution in [0.5, 0.6) is 0 Å². The van der Waals surface area contributed by atoms with Crippen LogP contribution in [0.3, 0.4) is 0 Å². The quantitative estimate of drug-likeness (QED) is 0.483. The van der Waals surface area contributed by atoms with Crippen LogP contribution in [0.25, 0.3) is 22.6 Å². The largest absolute Gasteiger partial charge is 0.453 e. The summed E-state index contributed by atoms with van der Waals surface area (Å²) < 4.78 is 11.6. The standard InChI is InChI=1S/C16H17N7O5/c1-20-14-10(9-17-20)15(21-5-7-22(8-6-21)16(24)27-2)19-13(18-14)11-3-4-12(28-11)23(25)26/h3-4,9H,5-8H2,1-2H3. The van der Waals surface area contributed by atoms with Crippen LogP contribution in [0.1, 0.15) is 0 Å². The first kappa shape index (κ1) is 17.7. The van der Waals surface area contributed by atoms with Crippen molar-refractivity contribution >= 4 is 28.8 Å². The molecule has 0 aromatic carbocycles. The maximum atomic E-state index is 11.7. The van der Waals surface area contributed by atoms with Crippen molar-refractivity contribution in [1.82, 2.24) is 24.6 Å². The Balaban J connectivity index is 1.71. The van der Waals surface area contributed by atoms with Crippen molar-refractivity contribution in [1.29, 1.82) is 0 Å². The SMILES string of the molecule is COC(=O)N1CCN(c2nc(-c3ccc([N+](=O)[O-])o3)nc3c2cnn3C)CC1. The van der Waals surface area contributed by atoms with E-state index < -0.39 is 4.92 Å². The highest BCUT2D eigenvalue weighted by atomic mass is 16.6. The topological polar surface area (TPSA) is 133 Å². The highest BCUT2D eigenvalue weighted by molar-refractivity contribution is 5.88. The molecule has 0 atom stereocenters. The van der Waals surface area contributed by atoms with Gasteiger partial charge < -0.3 is 19.0 Å². The molecule has 0 N–H and O–H groups in total. The second-order valence-corrected chi connectivity index (χ2v) is 6.22. The number of amides is 1. The third-order valence-electron chi connectivity index (χ3n) is 4.58. The number of piperazine rings is 1. The molecule has 1 amide bonds. The zero-order valence-corrected chi connectivity index (χ0v) is 15.2. The molecule has 146 valence electrons. The van der Waals surface area contributed by atoms with Gasteiger partial charge in [0.1, 0.15) is 10.7 Å². The van der Waals surface area contributed by atoms with Gasteiger partial charge in [-0.2, -0.15) is 5.10 Å². The number of methoxy groups -OCH3 is 1. The van der Waals surface area contributed by atoms with Gasteiger partial charge in [0, 0.05) is 33.2 Å². The smallest absolute Gasteiger partial charge is 0.433 e. The van der Waals surface area contributed by atoms with Gasteiger partial charge in [-0.05, 0) is 6.07 Å². The number of aryl methyl sites for hydroxylation is 1. The number of rotatable bonds is 3. The van der Waals surface area contributed by atoms with Crippen LogP contribution in [0.15, 0.2) is 22.7 Å². The number of furan rings is 1. The predicted octanol–water partition coefficient (Wildman–Crippen LogP) is 1.42. The molecule has 0 radical (unpaired) electrons. The molecule has 4 heterocycles. The van der Waals surface area contributed by atoms with Gasteiger partial charge in [-0.25, -0.2) is 14.8 Å². The molecule has 1 aliphatic rings. The summed E-state index contributed by atoms with van der Waals surface area (Å²) in [4.78, 5) is 34.7. The normalized spacial score (nSPS) is 14.5. The summed E-state index contributed by atoms with van der Waals surface area (Å²) in [5.74, 6) is 0.687. The van der Waals surface area contributed by atoms with Crippen molar-refractivity contribution < 1.29 is 18.9 Å². The Bertz CT molecular complexity index is 1050. The lowest BCUT2D eigenvalue weighted by Gasteiger charge is -2.34. The number of anilines is 1. The molecule has 1 fully saturated rings. The lowest BCUT2D eigenvalue weighted by molar-refractivity contribution is -0.401. The van der Waals surface area contributed by atoms with Crippen LogP contribution >= 0.6 is 0 Å². The van der Waals surface area contributed by atoms with E-state index in [9.17, 15) is 14.9 Å². The number of fused-ring (bicyclic) bond motifs is 1. The van der Waals surface area contributed by atoms with Crippen molar-refractivity contribution in [3.05, 3.63) is 28.4 Å². The lowest BCUT2D eigenvalue weighted by atomic mass is 10.2. The molecule has 0 bridgehead atoms. The average molecular weight is 387 g/mol. The average Bonchev–Trinajstić information content (AvgIpc) is 3.34. The van der Waals surface area contributed by atoms with E-state index in [1.165, 1.54) is 19.2 Å². The molecule has 1 saturated heterocycles. The third-order valence-corrected chi connectivity index (χ3v) is 4.58. The summed E-state index contributed by atoms with van der Waals surface area (Å²) in [6.45, 7) is 2.07. The Labute approximate surface area is 158 Å². The molecular formula is C16H17N7O5. The van der Waals surface area contributed by atoms with Crippen molar-refractivity contribution in [2.45, 2.75) is 0 Å². The number of nitro groups is 1. The summed E-state index contributed by atoms with van der Waals surface area (Å²) in [5.41, 5.74) is 0.578. The first-order chi connectivity index (χ1) is 13.5. The van der Waals surface area contributed by atoms with Crippen molar-refractivity contribution in [3.8, 4) is 11.6 Å². The van der Waals surface area contributed by atoms with Crippen LogP contribution in [-0.4, -0.2) is 69.0 Å². The predicted molar refractivity (Wildman–Crippen MR) is 96.9 cm³/mol. The summed E-state index contributed by atoms with van der Waals surface area (Å²) in [5, 5.41) is 15.9. The van der Waals surface area contributed by atoms with Crippen LogP contribution in [0.2, 0.25) is 0 Å². The summed E-state index contributed by atoms with van der Waals surface area (Å²) in [7, 11) is 3.11. The highest BCUT2D eigenvalue weighted by Gasteiger charge is 2.26. The Morgan fingerprint density at radius 2 is 2.00 bits per heavy atom. The number of ether oxygens (including phenoxy) is 1. The number of carbonyl (C=O) groups excluding carboxylic acids is 1. The summed E-state index contributed by atoms with van der Waals surface area (Å²) >= 11 is 0. The number of hydrogen-bond donors (Lipinski definition) is 0. The number of nitrogens with zero attached hydrogens (tertiary/aromatic N) is 7. The molecule has 1 aliphatic heterocycles. The minimum atomic E-state index is -0.612. The molecule has 0 spiro atoms. The molecule has 0 unspecified atom stereocenters. The zero-order valence-electron chi connectivity index (χ0n) is 15.2. The van der Waals surface area contributed by atoms with E-state index in [4.69, 9.17) is 9.15 Å². The highest BCUT2D eigenvalue weighted by Crippen LogP contribution is 2.30. The molecule has 0 saturated carbocycles. The van der Waals surface area contributed by atoms with Gasteiger partial charge >= 0.3 is 12.0 Å². The minimum absolute atomic E-state index is 0.198. The number of hydrogen-bond acceptors (Lipinski definition) is 9. The molecule has 28 heavy (non-hydrogen) atoms. The monoisotopic (exact) mass is 387 g/mol. The van der Waals surface area contributed by atoms with E-state index in [2.05, 4.69) is 15.1 Å². The fraction of sp³-hybridized carbons (Fsp3) is 0.375. The van der Waals surface area contributed by atoms with Gasteiger partial charge in [0.15, 0.2) is 17.2 Å².